The first kappa shape index (κ1) is 21.8. The number of hydrogen-bond acceptors (Lipinski definition) is 8. The number of methoxy groups -OCH3 is 2. The fourth-order valence-electron chi connectivity index (χ4n) is 3.85. The number of nitrogens with zero attached hydrogens (tertiary/aromatic N) is 4. The molecule has 1 saturated heterocycles. The Balaban J connectivity index is 1.57. The fourth-order valence-corrected chi connectivity index (χ4v) is 5.29. The minimum atomic E-state index is -3.72. The summed E-state index contributed by atoms with van der Waals surface area (Å²) in [5.74, 6) is 0.796. The molecule has 0 N–H and O–H groups in total. The molecular weight excluding hydrogens is 436 g/mol. The summed E-state index contributed by atoms with van der Waals surface area (Å²) >= 11 is 0. The first-order valence-corrected chi connectivity index (χ1v) is 11.3. The van der Waals surface area contributed by atoms with E-state index in [1.807, 2.05) is 4.90 Å². The number of piperazine rings is 1. The monoisotopic (exact) mass is 458 g/mol. The number of pyridine rings is 1. The van der Waals surface area contributed by atoms with Crippen molar-refractivity contribution in [2.24, 2.45) is 0 Å². The zero-order chi connectivity index (χ0) is 22.9. The van der Waals surface area contributed by atoms with Gasteiger partial charge in [-0.3, -0.25) is 15.1 Å². The maximum Gasteiger partial charge on any atom is 0.278 e. The van der Waals surface area contributed by atoms with Crippen molar-refractivity contribution >= 4 is 32.3 Å². The van der Waals surface area contributed by atoms with Crippen molar-refractivity contribution in [3.8, 4) is 11.5 Å². The van der Waals surface area contributed by atoms with E-state index in [0.717, 1.165) is 5.69 Å². The number of nitro benzene ring substituents is 1. The van der Waals surface area contributed by atoms with E-state index in [2.05, 4.69) is 4.98 Å². The highest BCUT2D eigenvalue weighted by Crippen LogP contribution is 2.34. The molecule has 1 aliphatic heterocycles. The third kappa shape index (κ3) is 3.80. The zero-order valence-corrected chi connectivity index (χ0v) is 18.4. The summed E-state index contributed by atoms with van der Waals surface area (Å²) in [5.41, 5.74) is 1.26. The van der Waals surface area contributed by atoms with E-state index in [9.17, 15) is 18.5 Å². The summed E-state index contributed by atoms with van der Waals surface area (Å²) in [4.78, 5) is 17.4. The Hall–Kier alpha value is -3.44. The van der Waals surface area contributed by atoms with Crippen LogP contribution in [0.1, 0.15) is 0 Å². The number of fused-ring (bicyclic) bond motifs is 1. The fraction of sp³-hybridized carbons (Fsp3) is 0.286. The van der Waals surface area contributed by atoms with Crippen LogP contribution in [0.3, 0.4) is 0 Å². The van der Waals surface area contributed by atoms with Gasteiger partial charge >= 0.3 is 0 Å². The normalized spacial score (nSPS) is 15.0. The van der Waals surface area contributed by atoms with Gasteiger partial charge in [0.2, 0.25) is 10.0 Å². The van der Waals surface area contributed by atoms with Gasteiger partial charge in [0, 0.05) is 44.5 Å². The predicted molar refractivity (Wildman–Crippen MR) is 119 cm³/mol. The van der Waals surface area contributed by atoms with E-state index in [1.165, 1.54) is 36.7 Å². The van der Waals surface area contributed by atoms with E-state index in [-0.39, 0.29) is 23.7 Å². The number of sulfonamides is 1. The molecule has 4 rings (SSSR count). The number of hydrogen-bond donors (Lipinski definition) is 0. The van der Waals surface area contributed by atoms with Crippen LogP contribution in [0.5, 0.6) is 11.5 Å². The number of aromatic nitrogens is 1. The Morgan fingerprint density at radius 3 is 2.38 bits per heavy atom. The highest BCUT2D eigenvalue weighted by atomic mass is 32.2. The molecule has 0 spiro atoms. The largest absolute Gasteiger partial charge is 0.493 e. The molecule has 32 heavy (non-hydrogen) atoms. The second-order valence-electron chi connectivity index (χ2n) is 7.17. The van der Waals surface area contributed by atoms with E-state index in [0.29, 0.717) is 35.5 Å². The van der Waals surface area contributed by atoms with Crippen molar-refractivity contribution in [3.63, 3.8) is 0 Å². The molecule has 0 saturated carbocycles. The minimum absolute atomic E-state index is 0.00785. The molecule has 0 bridgehead atoms. The van der Waals surface area contributed by atoms with Crippen LogP contribution in [-0.2, 0) is 10.0 Å². The van der Waals surface area contributed by atoms with Gasteiger partial charge in [-0.05, 0) is 30.3 Å². The highest BCUT2D eigenvalue weighted by Gasteiger charge is 2.30. The summed E-state index contributed by atoms with van der Waals surface area (Å²) in [6.45, 7) is 1.38. The molecule has 0 radical (unpaired) electrons. The number of benzene rings is 2. The van der Waals surface area contributed by atoms with Gasteiger partial charge < -0.3 is 14.4 Å². The van der Waals surface area contributed by atoms with Crippen molar-refractivity contribution in [2.75, 3.05) is 45.3 Å². The topological polar surface area (TPSA) is 115 Å². The van der Waals surface area contributed by atoms with Crippen LogP contribution in [0, 0.1) is 10.1 Å². The van der Waals surface area contributed by atoms with Gasteiger partial charge in [0.15, 0.2) is 11.5 Å². The van der Waals surface area contributed by atoms with Crippen LogP contribution in [0.15, 0.2) is 53.6 Å². The van der Waals surface area contributed by atoms with E-state index in [4.69, 9.17) is 9.47 Å². The van der Waals surface area contributed by atoms with Crippen molar-refractivity contribution in [3.05, 3.63) is 58.8 Å². The lowest BCUT2D eigenvalue weighted by molar-refractivity contribution is -0.383. The molecular formula is C21H22N4O6S. The van der Waals surface area contributed by atoms with Crippen LogP contribution < -0.4 is 14.4 Å². The predicted octanol–water partition coefficient (Wildman–Crippen LogP) is 2.67. The van der Waals surface area contributed by atoms with Crippen molar-refractivity contribution in [1.82, 2.24) is 9.29 Å². The molecule has 2 aromatic carbocycles. The number of rotatable bonds is 6. The molecule has 3 aromatic rings. The Labute approximate surface area is 185 Å². The van der Waals surface area contributed by atoms with Crippen molar-refractivity contribution in [2.45, 2.75) is 4.90 Å². The summed E-state index contributed by atoms with van der Waals surface area (Å²) in [7, 11) is -0.777. The number of non-ortho nitro benzene ring substituents is 1. The Morgan fingerprint density at radius 2 is 1.72 bits per heavy atom. The van der Waals surface area contributed by atoms with Gasteiger partial charge in [-0.1, -0.05) is 0 Å². The molecule has 0 atom stereocenters. The second-order valence-corrected chi connectivity index (χ2v) is 9.11. The first-order chi connectivity index (χ1) is 15.4. The van der Waals surface area contributed by atoms with E-state index in [1.54, 1.807) is 30.5 Å². The van der Waals surface area contributed by atoms with E-state index < -0.39 is 14.9 Å². The number of anilines is 1. The van der Waals surface area contributed by atoms with Gasteiger partial charge in [-0.15, -0.1) is 0 Å². The molecule has 0 unspecified atom stereocenters. The summed E-state index contributed by atoms with van der Waals surface area (Å²) < 4.78 is 38.1. The summed E-state index contributed by atoms with van der Waals surface area (Å²) in [6.07, 6.45) is 1.59. The zero-order valence-electron chi connectivity index (χ0n) is 17.6. The van der Waals surface area contributed by atoms with Gasteiger partial charge in [0.25, 0.3) is 5.69 Å². The van der Waals surface area contributed by atoms with Crippen molar-refractivity contribution in [1.29, 1.82) is 0 Å². The average molecular weight is 458 g/mol. The number of ether oxygens (including phenoxy) is 2. The first-order valence-electron chi connectivity index (χ1n) is 9.86. The average Bonchev–Trinajstić information content (AvgIpc) is 2.82. The maximum absolute atomic E-state index is 13.2. The second kappa shape index (κ2) is 8.60. The molecule has 1 aliphatic rings. The van der Waals surface area contributed by atoms with E-state index >= 15 is 0 Å². The molecule has 1 fully saturated rings. The Kier molecular flexibility index (Phi) is 5.85. The third-order valence-electron chi connectivity index (χ3n) is 5.49. The standard InChI is InChI=1S/C21H22N4O6S/c1-30-19-8-5-15(14-20(19)31-2)32(28,29)24-12-10-23(11-13-24)18-7-6-17(25(26)27)16-4-3-9-22-21(16)18/h3-9,14H,10-13H2,1-2H3. The molecule has 2 heterocycles. The van der Waals surface area contributed by atoms with Crippen LogP contribution in [0.4, 0.5) is 11.4 Å². The van der Waals surface area contributed by atoms with Gasteiger partial charge in [0.1, 0.15) is 5.52 Å². The molecule has 11 heteroatoms. The van der Waals surface area contributed by atoms with Crippen LogP contribution in [0.2, 0.25) is 0 Å². The van der Waals surface area contributed by atoms with Crippen LogP contribution >= 0.6 is 0 Å². The smallest absolute Gasteiger partial charge is 0.278 e. The molecule has 168 valence electrons. The SMILES string of the molecule is COc1ccc(S(=O)(=O)N2CCN(c3ccc([N+](=O)[O-])c4cccnc34)CC2)cc1OC. The molecule has 10 nitrogen and oxygen atoms in total. The lowest BCUT2D eigenvalue weighted by Crippen LogP contribution is -2.48. The lowest BCUT2D eigenvalue weighted by atomic mass is 10.1. The van der Waals surface area contributed by atoms with Crippen LogP contribution in [-0.4, -0.2) is 63.0 Å². The number of nitro groups is 1. The van der Waals surface area contributed by atoms with Crippen molar-refractivity contribution < 1.29 is 22.8 Å². The van der Waals surface area contributed by atoms with Gasteiger partial charge in [0.05, 0.1) is 35.1 Å². The summed E-state index contributed by atoms with van der Waals surface area (Å²) in [6, 6.07) is 11.0. The van der Waals surface area contributed by atoms with Gasteiger partial charge in [-0.25, -0.2) is 8.42 Å². The molecule has 0 amide bonds. The third-order valence-corrected chi connectivity index (χ3v) is 7.39. The lowest BCUT2D eigenvalue weighted by Gasteiger charge is -2.35. The Morgan fingerprint density at radius 1 is 1.00 bits per heavy atom. The minimum Gasteiger partial charge on any atom is -0.493 e. The Bertz CT molecular complexity index is 1270. The van der Waals surface area contributed by atoms with Crippen LogP contribution in [0.25, 0.3) is 10.9 Å². The quantitative estimate of drug-likeness (QED) is 0.409. The van der Waals surface area contributed by atoms with Gasteiger partial charge in [-0.2, -0.15) is 4.31 Å². The molecule has 1 aromatic heterocycles. The maximum atomic E-state index is 13.2. The highest BCUT2D eigenvalue weighted by molar-refractivity contribution is 7.89. The molecule has 0 aliphatic carbocycles. The summed E-state index contributed by atoms with van der Waals surface area (Å²) in [5, 5.41) is 11.8.